The number of nitrogens with one attached hydrogen (secondary N) is 1. The maximum absolute atomic E-state index is 11.9. The number of aryl methyl sites for hydroxylation is 1. The molecule has 114 valence electrons. The van der Waals surface area contributed by atoms with Crippen molar-refractivity contribution in [2.24, 2.45) is 5.14 Å². The minimum atomic E-state index is -4.03. The summed E-state index contributed by atoms with van der Waals surface area (Å²) >= 11 is 0. The first-order valence-electron chi connectivity index (χ1n) is 5.72. The number of anilines is 1. The van der Waals surface area contributed by atoms with Crippen molar-refractivity contribution in [1.82, 2.24) is 0 Å². The number of nitrogens with two attached hydrogens (primary N) is 1. The maximum atomic E-state index is 11.9. The molecule has 0 heterocycles. The average Bonchev–Trinajstić information content (AvgIpc) is 2.26. The standard InChI is InChI=1S/C11H18N2O5S2/c1-7(2)20(16,17)13-9-5-8(3)6-10(11(9)18-4)19(12,14)15/h5-7,13H,1-4H3,(H2,12,14,15). The van der Waals surface area contributed by atoms with Crippen LogP contribution >= 0.6 is 0 Å². The third-order valence-corrected chi connectivity index (χ3v) is 5.24. The van der Waals surface area contributed by atoms with Crippen molar-refractivity contribution in [2.45, 2.75) is 30.9 Å². The second-order valence-corrected chi connectivity index (χ2v) is 8.35. The van der Waals surface area contributed by atoms with Gasteiger partial charge in [-0.15, -0.1) is 0 Å². The molecule has 1 aromatic rings. The van der Waals surface area contributed by atoms with Crippen molar-refractivity contribution in [3.05, 3.63) is 17.7 Å². The Kier molecular flexibility index (Phi) is 4.67. The van der Waals surface area contributed by atoms with Crippen molar-refractivity contribution in [3.8, 4) is 5.75 Å². The summed E-state index contributed by atoms with van der Waals surface area (Å²) in [5.74, 6) is -0.123. The minimum Gasteiger partial charge on any atom is -0.493 e. The highest BCUT2D eigenvalue weighted by molar-refractivity contribution is 7.93. The van der Waals surface area contributed by atoms with Crippen LogP contribution in [0.5, 0.6) is 5.75 Å². The lowest BCUT2D eigenvalue weighted by Gasteiger charge is -2.16. The van der Waals surface area contributed by atoms with E-state index in [9.17, 15) is 16.8 Å². The molecule has 0 aliphatic rings. The van der Waals surface area contributed by atoms with Crippen molar-refractivity contribution >= 4 is 25.7 Å². The highest BCUT2D eigenvalue weighted by Crippen LogP contribution is 2.34. The van der Waals surface area contributed by atoms with Crippen molar-refractivity contribution in [3.63, 3.8) is 0 Å². The zero-order valence-corrected chi connectivity index (χ0v) is 13.3. The van der Waals surface area contributed by atoms with E-state index in [1.807, 2.05) is 0 Å². The predicted octanol–water partition coefficient (Wildman–Crippen LogP) is 0.801. The van der Waals surface area contributed by atoms with Gasteiger partial charge in [0.2, 0.25) is 20.0 Å². The monoisotopic (exact) mass is 322 g/mol. The van der Waals surface area contributed by atoms with Crippen LogP contribution in [-0.2, 0) is 20.0 Å². The largest absolute Gasteiger partial charge is 0.493 e. The number of methoxy groups -OCH3 is 1. The number of ether oxygens (including phenoxy) is 1. The molecule has 0 radical (unpaired) electrons. The number of primary sulfonamides is 1. The van der Waals surface area contributed by atoms with Crippen LogP contribution in [0.3, 0.4) is 0 Å². The number of hydrogen-bond donors (Lipinski definition) is 2. The Morgan fingerprint density at radius 1 is 1.20 bits per heavy atom. The molecule has 0 aliphatic carbocycles. The summed E-state index contributed by atoms with van der Waals surface area (Å²) in [5, 5.41) is 4.43. The second kappa shape index (κ2) is 5.58. The SMILES string of the molecule is COc1c(NS(=O)(=O)C(C)C)cc(C)cc1S(N)(=O)=O. The van der Waals surface area contributed by atoms with Crippen LogP contribution in [0.1, 0.15) is 19.4 Å². The van der Waals surface area contributed by atoms with Gasteiger partial charge in [-0.25, -0.2) is 22.0 Å². The Labute approximate surface area is 119 Å². The molecule has 0 unspecified atom stereocenters. The molecule has 0 atom stereocenters. The van der Waals surface area contributed by atoms with Gasteiger partial charge in [0.15, 0.2) is 5.75 Å². The van der Waals surface area contributed by atoms with Gasteiger partial charge in [-0.1, -0.05) is 0 Å². The smallest absolute Gasteiger partial charge is 0.241 e. The van der Waals surface area contributed by atoms with Crippen LogP contribution in [0, 0.1) is 6.92 Å². The van der Waals surface area contributed by atoms with Crippen molar-refractivity contribution in [2.75, 3.05) is 11.8 Å². The van der Waals surface area contributed by atoms with E-state index in [-0.39, 0.29) is 16.3 Å². The van der Waals surface area contributed by atoms with Gasteiger partial charge in [-0.3, -0.25) is 4.72 Å². The van der Waals surface area contributed by atoms with E-state index in [0.717, 1.165) is 0 Å². The number of hydrogen-bond acceptors (Lipinski definition) is 5. The molecule has 0 saturated carbocycles. The summed E-state index contributed by atoms with van der Waals surface area (Å²) in [6.07, 6.45) is 0. The fourth-order valence-corrected chi connectivity index (χ4v) is 3.00. The van der Waals surface area contributed by atoms with E-state index in [0.29, 0.717) is 5.56 Å². The zero-order chi connectivity index (χ0) is 15.7. The third kappa shape index (κ3) is 3.62. The maximum Gasteiger partial charge on any atom is 0.241 e. The fraction of sp³-hybridized carbons (Fsp3) is 0.455. The molecule has 7 nitrogen and oxygen atoms in total. The van der Waals surface area contributed by atoms with Crippen LogP contribution in [-0.4, -0.2) is 29.2 Å². The lowest BCUT2D eigenvalue weighted by atomic mass is 10.2. The van der Waals surface area contributed by atoms with Gasteiger partial charge in [0.05, 0.1) is 18.0 Å². The van der Waals surface area contributed by atoms with Gasteiger partial charge in [0, 0.05) is 0 Å². The molecule has 0 spiro atoms. The van der Waals surface area contributed by atoms with Crippen molar-refractivity contribution in [1.29, 1.82) is 0 Å². The van der Waals surface area contributed by atoms with E-state index in [1.165, 1.54) is 33.1 Å². The molecule has 0 aliphatic heterocycles. The summed E-state index contributed by atoms with van der Waals surface area (Å²) in [6.45, 7) is 4.64. The fourth-order valence-electron chi connectivity index (χ4n) is 1.51. The molecule has 1 rings (SSSR count). The van der Waals surface area contributed by atoms with Gasteiger partial charge in [-0.05, 0) is 38.5 Å². The van der Waals surface area contributed by atoms with Crippen molar-refractivity contribution < 1.29 is 21.6 Å². The number of sulfonamides is 2. The molecule has 1 aromatic carbocycles. The van der Waals surface area contributed by atoms with Crippen LogP contribution in [0.4, 0.5) is 5.69 Å². The normalized spacial score (nSPS) is 12.5. The Bertz CT molecular complexity index is 709. The molecule has 9 heteroatoms. The van der Waals surface area contributed by atoms with Crippen LogP contribution in [0.25, 0.3) is 0 Å². The first-order chi connectivity index (χ1) is 8.99. The molecular weight excluding hydrogens is 304 g/mol. The van der Waals surface area contributed by atoms with Crippen LogP contribution in [0.2, 0.25) is 0 Å². The summed E-state index contributed by atoms with van der Waals surface area (Å²) in [5.41, 5.74) is 0.585. The predicted molar refractivity (Wildman–Crippen MR) is 76.8 cm³/mol. The van der Waals surface area contributed by atoms with E-state index >= 15 is 0 Å². The topological polar surface area (TPSA) is 116 Å². The lowest BCUT2D eigenvalue weighted by Crippen LogP contribution is -2.23. The first kappa shape index (κ1) is 16.7. The van der Waals surface area contributed by atoms with E-state index in [2.05, 4.69) is 4.72 Å². The molecule has 0 amide bonds. The quantitative estimate of drug-likeness (QED) is 0.832. The molecule has 3 N–H and O–H groups in total. The Morgan fingerprint density at radius 2 is 1.75 bits per heavy atom. The Hall–Kier alpha value is -1.32. The Morgan fingerprint density at radius 3 is 2.15 bits per heavy atom. The molecule has 0 fully saturated rings. The molecule has 0 bridgehead atoms. The summed E-state index contributed by atoms with van der Waals surface area (Å²) in [6, 6.07) is 2.80. The summed E-state index contributed by atoms with van der Waals surface area (Å²) in [4.78, 5) is -0.263. The van der Waals surface area contributed by atoms with Gasteiger partial charge >= 0.3 is 0 Å². The Balaban J connectivity index is 3.53. The molecule has 20 heavy (non-hydrogen) atoms. The molecular formula is C11H18N2O5S2. The number of benzene rings is 1. The zero-order valence-electron chi connectivity index (χ0n) is 11.7. The minimum absolute atomic E-state index is 0.0465. The van der Waals surface area contributed by atoms with Gasteiger partial charge < -0.3 is 4.74 Å². The van der Waals surface area contributed by atoms with Gasteiger partial charge in [0.1, 0.15) is 4.90 Å². The number of rotatable bonds is 5. The van der Waals surface area contributed by atoms with Crippen LogP contribution < -0.4 is 14.6 Å². The summed E-state index contributed by atoms with van der Waals surface area (Å²) < 4.78 is 54.2. The van der Waals surface area contributed by atoms with E-state index < -0.39 is 25.3 Å². The van der Waals surface area contributed by atoms with E-state index in [1.54, 1.807) is 6.92 Å². The third-order valence-electron chi connectivity index (χ3n) is 2.58. The average molecular weight is 322 g/mol. The summed E-state index contributed by atoms with van der Waals surface area (Å²) in [7, 11) is -6.41. The molecule has 0 aromatic heterocycles. The second-order valence-electron chi connectivity index (χ2n) is 4.58. The van der Waals surface area contributed by atoms with Gasteiger partial charge in [-0.2, -0.15) is 0 Å². The van der Waals surface area contributed by atoms with E-state index in [4.69, 9.17) is 9.88 Å². The first-order valence-corrected chi connectivity index (χ1v) is 8.81. The molecule has 0 saturated heterocycles. The van der Waals surface area contributed by atoms with Crippen LogP contribution in [0.15, 0.2) is 17.0 Å². The van der Waals surface area contributed by atoms with Gasteiger partial charge in [0.25, 0.3) is 0 Å². The highest BCUT2D eigenvalue weighted by Gasteiger charge is 2.23. The lowest BCUT2D eigenvalue weighted by molar-refractivity contribution is 0.405. The highest BCUT2D eigenvalue weighted by atomic mass is 32.2.